The zero-order chi connectivity index (χ0) is 13.5. The van der Waals surface area contributed by atoms with E-state index in [9.17, 15) is 4.79 Å². The minimum Gasteiger partial charge on any atom is -0.294 e. The predicted molar refractivity (Wildman–Crippen MR) is 75.9 cm³/mol. The van der Waals surface area contributed by atoms with Gasteiger partial charge in [0.2, 0.25) is 0 Å². The molecule has 0 saturated heterocycles. The molecule has 0 aliphatic heterocycles. The highest BCUT2D eigenvalue weighted by Crippen LogP contribution is 2.15. The van der Waals surface area contributed by atoms with Crippen molar-refractivity contribution in [3.05, 3.63) is 48.3 Å². The maximum absolute atomic E-state index is 11.9. The van der Waals surface area contributed by atoms with Gasteiger partial charge in [0, 0.05) is 24.4 Å². The van der Waals surface area contributed by atoms with E-state index in [0.29, 0.717) is 12.0 Å². The number of pyridine rings is 2. The number of Topliss-reactive ketones (excluding diaryl/α,β-unsaturated/α-hetero) is 1. The number of nitrogens with zero attached hydrogens (tertiary/aromatic N) is 2. The van der Waals surface area contributed by atoms with Crippen LogP contribution in [0.2, 0.25) is 0 Å². The second-order valence-corrected chi connectivity index (χ2v) is 4.53. The largest absolute Gasteiger partial charge is 0.294 e. The van der Waals surface area contributed by atoms with Crippen LogP contribution in [0.1, 0.15) is 43.0 Å². The van der Waals surface area contributed by atoms with Crippen LogP contribution in [0.15, 0.2) is 42.7 Å². The maximum atomic E-state index is 11.9. The molecule has 0 aromatic carbocycles. The number of ketones is 1. The van der Waals surface area contributed by atoms with Gasteiger partial charge in [-0.3, -0.25) is 14.8 Å². The Morgan fingerprint density at radius 3 is 2.53 bits per heavy atom. The van der Waals surface area contributed by atoms with Crippen LogP contribution in [-0.2, 0) is 0 Å². The second-order valence-electron chi connectivity index (χ2n) is 4.53. The summed E-state index contributed by atoms with van der Waals surface area (Å²) in [6, 6.07) is 9.40. The molecule has 0 amide bonds. The molecule has 0 aliphatic carbocycles. The van der Waals surface area contributed by atoms with E-state index in [1.54, 1.807) is 12.4 Å². The van der Waals surface area contributed by atoms with Gasteiger partial charge in [-0.15, -0.1) is 0 Å². The molecule has 0 radical (unpaired) electrons. The molecule has 19 heavy (non-hydrogen) atoms. The fourth-order valence-electron chi connectivity index (χ4n) is 1.90. The molecule has 0 bridgehead atoms. The molecule has 0 saturated carbocycles. The Labute approximate surface area is 113 Å². The smallest absolute Gasteiger partial charge is 0.164 e. The van der Waals surface area contributed by atoms with Gasteiger partial charge >= 0.3 is 0 Å². The molecule has 2 aromatic rings. The van der Waals surface area contributed by atoms with Crippen LogP contribution in [0.25, 0.3) is 11.4 Å². The van der Waals surface area contributed by atoms with E-state index in [1.165, 1.54) is 0 Å². The molecule has 0 N–H and O–H groups in total. The zero-order valence-electron chi connectivity index (χ0n) is 11.2. The van der Waals surface area contributed by atoms with Crippen LogP contribution < -0.4 is 0 Å². The van der Waals surface area contributed by atoms with Crippen molar-refractivity contribution in [3.8, 4) is 11.4 Å². The number of hydrogen-bond acceptors (Lipinski definition) is 3. The Morgan fingerprint density at radius 2 is 1.89 bits per heavy atom. The predicted octanol–water partition coefficient (Wildman–Crippen LogP) is 3.91. The van der Waals surface area contributed by atoms with Crippen LogP contribution in [0.3, 0.4) is 0 Å². The summed E-state index contributed by atoms with van der Waals surface area (Å²) < 4.78 is 0. The Hall–Kier alpha value is -2.03. The normalized spacial score (nSPS) is 10.4. The molecule has 3 nitrogen and oxygen atoms in total. The molecule has 2 heterocycles. The lowest BCUT2D eigenvalue weighted by molar-refractivity contribution is 0.0979. The Balaban J connectivity index is 2.04. The van der Waals surface area contributed by atoms with Gasteiger partial charge in [0.05, 0.1) is 11.4 Å². The summed E-state index contributed by atoms with van der Waals surface area (Å²) in [6.07, 6.45) is 7.18. The number of hydrogen-bond donors (Lipinski definition) is 0. The quantitative estimate of drug-likeness (QED) is 0.580. The summed E-state index contributed by atoms with van der Waals surface area (Å²) in [6.45, 7) is 2.13. The summed E-state index contributed by atoms with van der Waals surface area (Å²) in [7, 11) is 0. The molecule has 98 valence electrons. The lowest BCUT2D eigenvalue weighted by Crippen LogP contribution is -2.00. The van der Waals surface area contributed by atoms with Gasteiger partial charge in [-0.2, -0.15) is 0 Å². The van der Waals surface area contributed by atoms with Crippen molar-refractivity contribution in [1.82, 2.24) is 9.97 Å². The van der Waals surface area contributed by atoms with Crippen LogP contribution >= 0.6 is 0 Å². The molecule has 0 fully saturated rings. The first-order valence-corrected chi connectivity index (χ1v) is 6.72. The third-order valence-electron chi connectivity index (χ3n) is 3.02. The van der Waals surface area contributed by atoms with Gasteiger partial charge < -0.3 is 0 Å². The van der Waals surface area contributed by atoms with Crippen molar-refractivity contribution in [1.29, 1.82) is 0 Å². The fourth-order valence-corrected chi connectivity index (χ4v) is 1.90. The number of aromatic nitrogens is 2. The van der Waals surface area contributed by atoms with Crippen molar-refractivity contribution in [2.45, 2.75) is 32.6 Å². The molecule has 3 heteroatoms. The zero-order valence-corrected chi connectivity index (χ0v) is 11.2. The number of rotatable bonds is 6. The van der Waals surface area contributed by atoms with E-state index in [4.69, 9.17) is 0 Å². The Bertz CT molecular complexity index is 520. The van der Waals surface area contributed by atoms with Gasteiger partial charge in [0.1, 0.15) is 0 Å². The average molecular weight is 254 g/mol. The summed E-state index contributed by atoms with van der Waals surface area (Å²) in [5.74, 6) is 0.175. The lowest BCUT2D eigenvalue weighted by atomic mass is 10.1. The van der Waals surface area contributed by atoms with E-state index in [2.05, 4.69) is 16.9 Å². The molecular weight excluding hydrogens is 236 g/mol. The molecular formula is C16H18N2O. The molecule has 0 atom stereocenters. The third-order valence-corrected chi connectivity index (χ3v) is 3.02. The van der Waals surface area contributed by atoms with Crippen molar-refractivity contribution in [3.63, 3.8) is 0 Å². The minimum absolute atomic E-state index is 0.175. The number of carbonyl (C=O) groups is 1. The monoisotopic (exact) mass is 254 g/mol. The van der Waals surface area contributed by atoms with E-state index in [1.807, 2.05) is 30.3 Å². The van der Waals surface area contributed by atoms with Gasteiger partial charge in [-0.05, 0) is 30.7 Å². The van der Waals surface area contributed by atoms with Crippen LogP contribution in [0, 0.1) is 0 Å². The molecule has 0 unspecified atom stereocenters. The highest BCUT2D eigenvalue weighted by atomic mass is 16.1. The summed E-state index contributed by atoms with van der Waals surface area (Å²) in [5, 5.41) is 0. The van der Waals surface area contributed by atoms with Gasteiger partial charge in [-0.25, -0.2) is 0 Å². The summed E-state index contributed by atoms with van der Waals surface area (Å²) in [4.78, 5) is 20.5. The minimum atomic E-state index is 0.175. The van der Waals surface area contributed by atoms with Crippen LogP contribution in [0.4, 0.5) is 0 Å². The van der Waals surface area contributed by atoms with E-state index < -0.39 is 0 Å². The average Bonchev–Trinajstić information content (AvgIpc) is 2.48. The Morgan fingerprint density at radius 1 is 1.05 bits per heavy atom. The number of carbonyl (C=O) groups excluding carboxylic acids is 1. The Kier molecular flexibility index (Phi) is 4.78. The highest BCUT2D eigenvalue weighted by molar-refractivity contribution is 5.95. The molecule has 0 spiro atoms. The SMILES string of the molecule is CCCCCC(=O)c1ccc(-c2ccccn2)nc1. The maximum Gasteiger partial charge on any atom is 0.164 e. The first-order valence-electron chi connectivity index (χ1n) is 6.72. The molecule has 0 aliphatic rings. The van der Waals surface area contributed by atoms with E-state index in [-0.39, 0.29) is 5.78 Å². The van der Waals surface area contributed by atoms with Crippen LogP contribution in [-0.4, -0.2) is 15.8 Å². The van der Waals surface area contributed by atoms with Crippen molar-refractivity contribution >= 4 is 5.78 Å². The van der Waals surface area contributed by atoms with E-state index >= 15 is 0 Å². The third kappa shape index (κ3) is 3.71. The van der Waals surface area contributed by atoms with Crippen molar-refractivity contribution < 1.29 is 4.79 Å². The topological polar surface area (TPSA) is 42.9 Å². The van der Waals surface area contributed by atoms with Gasteiger partial charge in [0.15, 0.2) is 5.78 Å². The van der Waals surface area contributed by atoms with Crippen LogP contribution in [0.5, 0.6) is 0 Å². The van der Waals surface area contributed by atoms with E-state index in [0.717, 1.165) is 30.7 Å². The first kappa shape index (κ1) is 13.4. The van der Waals surface area contributed by atoms with Gasteiger partial charge in [0.25, 0.3) is 0 Å². The van der Waals surface area contributed by atoms with Crippen molar-refractivity contribution in [2.75, 3.05) is 0 Å². The number of unbranched alkanes of at least 4 members (excludes halogenated alkanes) is 2. The molecule has 2 rings (SSSR count). The second kappa shape index (κ2) is 6.78. The fraction of sp³-hybridized carbons (Fsp3) is 0.312. The van der Waals surface area contributed by atoms with Crippen molar-refractivity contribution in [2.24, 2.45) is 0 Å². The summed E-state index contributed by atoms with van der Waals surface area (Å²) >= 11 is 0. The standard InChI is InChI=1S/C16H18N2O/c1-2-3-4-8-16(19)13-9-10-15(18-12-13)14-7-5-6-11-17-14/h5-7,9-12H,2-4,8H2,1H3. The highest BCUT2D eigenvalue weighted by Gasteiger charge is 2.07. The van der Waals surface area contributed by atoms with Gasteiger partial charge in [-0.1, -0.05) is 25.8 Å². The first-order chi connectivity index (χ1) is 9.31. The summed E-state index contributed by atoms with van der Waals surface area (Å²) in [5.41, 5.74) is 2.31. The lowest BCUT2D eigenvalue weighted by Gasteiger charge is -2.02. The molecule has 2 aromatic heterocycles.